The van der Waals surface area contributed by atoms with E-state index in [4.69, 9.17) is 5.73 Å². The molecule has 27 heavy (non-hydrogen) atoms. The monoisotopic (exact) mass is 359 g/mol. The van der Waals surface area contributed by atoms with Crippen LogP contribution in [0.1, 0.15) is 27.2 Å². The molecule has 0 saturated heterocycles. The summed E-state index contributed by atoms with van der Waals surface area (Å²) in [5.74, 6) is 0.244. The zero-order chi connectivity index (χ0) is 18.6. The fourth-order valence-electron chi connectivity index (χ4n) is 3.28. The van der Waals surface area contributed by atoms with Crippen LogP contribution in [0.4, 0.5) is 11.6 Å². The van der Waals surface area contributed by atoms with E-state index in [2.05, 4.69) is 20.2 Å². The molecule has 0 unspecified atom stereocenters. The lowest BCUT2D eigenvalue weighted by atomic mass is 10.1. The van der Waals surface area contributed by atoms with E-state index < -0.39 is 0 Å². The maximum atomic E-state index is 12.5. The van der Waals surface area contributed by atoms with Crippen molar-refractivity contribution in [2.24, 2.45) is 0 Å². The summed E-state index contributed by atoms with van der Waals surface area (Å²) in [5, 5.41) is 2.98. The van der Waals surface area contributed by atoms with Crippen molar-refractivity contribution in [1.29, 1.82) is 0 Å². The highest BCUT2D eigenvalue weighted by atomic mass is 16.1. The highest BCUT2D eigenvalue weighted by Gasteiger charge is 2.19. The topological polar surface area (TPSA) is 84.1 Å². The summed E-state index contributed by atoms with van der Waals surface area (Å²) >= 11 is 0. The average molecular weight is 359 g/mol. The Labute approximate surface area is 158 Å². The van der Waals surface area contributed by atoms with Gasteiger partial charge in [0.1, 0.15) is 0 Å². The lowest BCUT2D eigenvalue weighted by Crippen LogP contribution is -2.31. The van der Waals surface area contributed by atoms with Crippen molar-refractivity contribution >= 4 is 17.5 Å². The molecule has 0 atom stereocenters. The van der Waals surface area contributed by atoms with E-state index in [9.17, 15) is 4.79 Å². The Morgan fingerprint density at radius 3 is 2.85 bits per heavy atom. The molecule has 6 heteroatoms. The third kappa shape index (κ3) is 3.89. The van der Waals surface area contributed by atoms with Gasteiger partial charge in [0.25, 0.3) is 5.91 Å². The molecule has 1 amide bonds. The summed E-state index contributed by atoms with van der Waals surface area (Å²) in [4.78, 5) is 23.2. The number of amides is 1. The Morgan fingerprint density at radius 2 is 2.00 bits per heavy atom. The molecule has 0 spiro atoms. The van der Waals surface area contributed by atoms with Gasteiger partial charge in [-0.3, -0.25) is 4.79 Å². The molecule has 0 saturated carbocycles. The van der Waals surface area contributed by atoms with E-state index in [1.54, 1.807) is 6.20 Å². The quantitative estimate of drug-likeness (QED) is 0.748. The van der Waals surface area contributed by atoms with Gasteiger partial charge in [-0.05, 0) is 23.8 Å². The van der Waals surface area contributed by atoms with Crippen LogP contribution in [0.25, 0.3) is 0 Å². The highest BCUT2D eigenvalue weighted by Crippen LogP contribution is 2.24. The Balaban J connectivity index is 1.46. The maximum absolute atomic E-state index is 12.5. The first-order valence-corrected chi connectivity index (χ1v) is 8.96. The van der Waals surface area contributed by atoms with Gasteiger partial charge < -0.3 is 16.0 Å². The number of fused-ring (bicyclic) bond motifs is 1. The van der Waals surface area contributed by atoms with E-state index in [0.717, 1.165) is 35.5 Å². The van der Waals surface area contributed by atoms with Crippen LogP contribution in [-0.4, -0.2) is 22.4 Å². The molecule has 2 heterocycles. The third-order valence-electron chi connectivity index (χ3n) is 4.72. The van der Waals surface area contributed by atoms with E-state index in [-0.39, 0.29) is 5.91 Å². The lowest BCUT2D eigenvalue weighted by Gasteiger charge is -2.30. The number of carbonyl (C=O) groups excluding carboxylic acids is 1. The molecule has 0 bridgehead atoms. The van der Waals surface area contributed by atoms with Crippen LogP contribution in [0.15, 0.2) is 60.8 Å². The van der Waals surface area contributed by atoms with Crippen molar-refractivity contribution in [2.75, 3.05) is 17.2 Å². The molecule has 1 aromatic heterocycles. The minimum atomic E-state index is -0.0748. The molecule has 136 valence electrons. The second kappa shape index (κ2) is 7.45. The fraction of sp³-hybridized carbons (Fsp3) is 0.190. The Bertz CT molecular complexity index is 958. The van der Waals surface area contributed by atoms with Crippen LogP contribution in [0.5, 0.6) is 0 Å². The predicted octanol–water partition coefficient (Wildman–Crippen LogP) is 2.55. The summed E-state index contributed by atoms with van der Waals surface area (Å²) in [6.07, 6.45) is 2.60. The number of aromatic nitrogens is 2. The smallest absolute Gasteiger partial charge is 0.251 e. The molecular formula is C21H21N5O. The summed E-state index contributed by atoms with van der Waals surface area (Å²) in [6.45, 7) is 2.06. The number of benzene rings is 2. The normalized spacial score (nSPS) is 13.1. The van der Waals surface area contributed by atoms with E-state index >= 15 is 0 Å². The van der Waals surface area contributed by atoms with Gasteiger partial charge in [-0.2, -0.15) is 0 Å². The van der Waals surface area contributed by atoms with Gasteiger partial charge >= 0.3 is 0 Å². The van der Waals surface area contributed by atoms with Gasteiger partial charge in [-0.15, -0.1) is 0 Å². The van der Waals surface area contributed by atoms with Crippen LogP contribution < -0.4 is 16.0 Å². The first-order chi connectivity index (χ1) is 13.2. The predicted molar refractivity (Wildman–Crippen MR) is 105 cm³/mol. The molecule has 1 aliphatic heterocycles. The van der Waals surface area contributed by atoms with E-state index in [1.807, 2.05) is 54.6 Å². The van der Waals surface area contributed by atoms with Crippen molar-refractivity contribution in [3.63, 3.8) is 0 Å². The number of carbonyl (C=O) groups is 1. The molecule has 0 aliphatic carbocycles. The first-order valence-electron chi connectivity index (χ1n) is 8.96. The molecule has 3 N–H and O–H groups in total. The van der Waals surface area contributed by atoms with E-state index in [1.165, 1.54) is 0 Å². The maximum Gasteiger partial charge on any atom is 0.251 e. The van der Waals surface area contributed by atoms with Gasteiger partial charge in [0.05, 0.1) is 5.69 Å². The molecule has 2 aromatic carbocycles. The molecule has 4 rings (SSSR count). The van der Waals surface area contributed by atoms with Crippen LogP contribution in [0.3, 0.4) is 0 Å². The van der Waals surface area contributed by atoms with Crippen molar-refractivity contribution in [2.45, 2.75) is 19.5 Å². The Hall–Kier alpha value is -3.41. The number of nitrogens with zero attached hydrogens (tertiary/aromatic N) is 3. The van der Waals surface area contributed by atoms with Crippen LogP contribution in [-0.2, 0) is 19.5 Å². The largest absolute Gasteiger partial charge is 0.368 e. The Kier molecular flexibility index (Phi) is 4.70. The second-order valence-electron chi connectivity index (χ2n) is 6.59. The molecule has 0 fully saturated rings. The second-order valence-corrected chi connectivity index (χ2v) is 6.59. The zero-order valence-electron chi connectivity index (χ0n) is 14.9. The van der Waals surface area contributed by atoms with Crippen molar-refractivity contribution in [3.8, 4) is 0 Å². The lowest BCUT2D eigenvalue weighted by molar-refractivity contribution is 0.0951. The SMILES string of the molecule is Nc1ncc2c(n1)CCN(c1cccc(C(=O)NCc3ccccc3)c1)C2. The molecule has 0 radical (unpaired) electrons. The van der Waals surface area contributed by atoms with Gasteiger partial charge in [0, 0.05) is 49.1 Å². The van der Waals surface area contributed by atoms with Crippen molar-refractivity contribution in [1.82, 2.24) is 15.3 Å². The van der Waals surface area contributed by atoms with Crippen molar-refractivity contribution in [3.05, 3.63) is 83.2 Å². The average Bonchev–Trinajstić information content (AvgIpc) is 2.72. The van der Waals surface area contributed by atoms with Crippen molar-refractivity contribution < 1.29 is 4.79 Å². The molecule has 1 aliphatic rings. The van der Waals surface area contributed by atoms with Gasteiger partial charge in [-0.25, -0.2) is 9.97 Å². The summed E-state index contributed by atoms with van der Waals surface area (Å²) in [7, 11) is 0. The minimum absolute atomic E-state index is 0.0748. The number of hydrogen-bond donors (Lipinski definition) is 2. The molecule has 3 aromatic rings. The van der Waals surface area contributed by atoms with Crippen LogP contribution in [0.2, 0.25) is 0 Å². The minimum Gasteiger partial charge on any atom is -0.368 e. The van der Waals surface area contributed by atoms with Gasteiger partial charge in [-0.1, -0.05) is 36.4 Å². The number of anilines is 2. The summed E-state index contributed by atoms with van der Waals surface area (Å²) in [6, 6.07) is 17.6. The number of nitrogen functional groups attached to an aromatic ring is 1. The summed E-state index contributed by atoms with van der Waals surface area (Å²) in [5.41, 5.74) is 10.5. The number of nitrogens with two attached hydrogens (primary N) is 1. The van der Waals surface area contributed by atoms with Gasteiger partial charge in [0.15, 0.2) is 0 Å². The Morgan fingerprint density at radius 1 is 1.15 bits per heavy atom. The summed E-state index contributed by atoms with van der Waals surface area (Å²) < 4.78 is 0. The highest BCUT2D eigenvalue weighted by molar-refractivity contribution is 5.95. The van der Waals surface area contributed by atoms with Crippen LogP contribution >= 0.6 is 0 Å². The van der Waals surface area contributed by atoms with Gasteiger partial charge in [0.2, 0.25) is 5.95 Å². The third-order valence-corrected chi connectivity index (χ3v) is 4.72. The van der Waals surface area contributed by atoms with Crippen LogP contribution in [0, 0.1) is 0 Å². The first kappa shape index (κ1) is 17.0. The molecule has 6 nitrogen and oxygen atoms in total. The molecular weight excluding hydrogens is 338 g/mol. The standard InChI is InChI=1S/C21H21N5O/c22-21-24-13-17-14-26(10-9-19(17)25-21)18-8-4-7-16(11-18)20(27)23-12-15-5-2-1-3-6-15/h1-8,11,13H,9-10,12,14H2,(H,23,27)(H2,22,24,25). The number of rotatable bonds is 4. The van der Waals surface area contributed by atoms with E-state index in [0.29, 0.717) is 24.6 Å². The fourth-order valence-corrected chi connectivity index (χ4v) is 3.28. The number of hydrogen-bond acceptors (Lipinski definition) is 5. The number of nitrogens with one attached hydrogen (secondary N) is 1. The zero-order valence-corrected chi connectivity index (χ0v) is 14.9.